The molecular formula is C30H33BrF2N6O2Si. The largest absolute Gasteiger partial charge is 0.456 e. The van der Waals surface area contributed by atoms with Crippen molar-refractivity contribution in [3.05, 3.63) is 59.2 Å². The molecule has 220 valence electrons. The van der Waals surface area contributed by atoms with Crippen LogP contribution in [0.15, 0.2) is 53.4 Å². The zero-order valence-electron chi connectivity index (χ0n) is 24.1. The fourth-order valence-electron chi connectivity index (χ4n) is 5.13. The summed E-state index contributed by atoms with van der Waals surface area (Å²) in [4.78, 5) is 14.1. The number of hydrogen-bond acceptors (Lipinski definition) is 6. The predicted octanol–water partition coefficient (Wildman–Crippen LogP) is 8.06. The van der Waals surface area contributed by atoms with Crippen LogP contribution in [0.1, 0.15) is 18.7 Å². The molecule has 5 aromatic rings. The van der Waals surface area contributed by atoms with E-state index >= 15 is 0 Å². The topological polar surface area (TPSA) is 79.9 Å². The monoisotopic (exact) mass is 654 g/mol. The number of imidazole rings is 1. The van der Waals surface area contributed by atoms with Crippen molar-refractivity contribution < 1.29 is 18.3 Å². The van der Waals surface area contributed by atoms with E-state index in [1.54, 1.807) is 17.1 Å². The van der Waals surface area contributed by atoms with E-state index < -0.39 is 14.0 Å². The Kier molecular flexibility index (Phi) is 7.65. The molecule has 0 radical (unpaired) electrons. The number of ether oxygens (including phenoxy) is 2. The summed E-state index contributed by atoms with van der Waals surface area (Å²) in [5.74, 6) is -0.446. The number of aromatic nitrogens is 6. The van der Waals surface area contributed by atoms with Gasteiger partial charge in [0.25, 0.3) is 0 Å². The molecule has 3 heterocycles. The molecular weight excluding hydrogens is 622 g/mol. The van der Waals surface area contributed by atoms with Gasteiger partial charge < -0.3 is 14.0 Å². The molecule has 8 nitrogen and oxygen atoms in total. The summed E-state index contributed by atoms with van der Waals surface area (Å²) in [7, 11) is -1.17. The van der Waals surface area contributed by atoms with Gasteiger partial charge in [0.05, 0.1) is 39.1 Å². The summed E-state index contributed by atoms with van der Waals surface area (Å²) in [5, 5.41) is 4.36. The normalized spacial score (nSPS) is 15.4. The quantitative estimate of drug-likeness (QED) is 0.112. The lowest BCUT2D eigenvalue weighted by atomic mass is 9.81. The fraction of sp³-hybridized carbons (Fsp3) is 0.400. The minimum absolute atomic E-state index is 0.0615. The molecule has 12 heteroatoms. The Morgan fingerprint density at radius 1 is 1.07 bits per heavy atom. The average Bonchev–Trinajstić information content (AvgIpc) is 3.50. The Labute approximate surface area is 252 Å². The molecule has 1 aliphatic carbocycles. The summed E-state index contributed by atoms with van der Waals surface area (Å²) in [6.07, 6.45) is 5.03. The zero-order valence-corrected chi connectivity index (χ0v) is 26.7. The SMILES string of the molecule is Cc1nc2ccc(Oc3ccc4ncc(-c5cnn(CC6CC(F)(F)C6)c5)nc4c3Br)cc2n1COCC[Si](C)(C)C. The number of alkyl halides is 2. The van der Waals surface area contributed by atoms with E-state index in [1.807, 2.05) is 43.5 Å². The van der Waals surface area contributed by atoms with Crippen molar-refractivity contribution in [2.24, 2.45) is 5.92 Å². The number of nitrogens with zero attached hydrogens (tertiary/aromatic N) is 6. The van der Waals surface area contributed by atoms with Crippen LogP contribution < -0.4 is 4.74 Å². The van der Waals surface area contributed by atoms with Gasteiger partial charge >= 0.3 is 0 Å². The van der Waals surface area contributed by atoms with Crippen molar-refractivity contribution in [2.75, 3.05) is 6.61 Å². The molecule has 2 aromatic carbocycles. The van der Waals surface area contributed by atoms with Crippen LogP contribution in [0.2, 0.25) is 25.7 Å². The molecule has 1 fully saturated rings. The Hall–Kier alpha value is -3.22. The maximum atomic E-state index is 13.2. The second-order valence-electron chi connectivity index (χ2n) is 12.3. The summed E-state index contributed by atoms with van der Waals surface area (Å²) in [6.45, 7) is 10.6. The number of rotatable bonds is 10. The lowest BCUT2D eigenvalue weighted by Crippen LogP contribution is -2.37. The second-order valence-corrected chi connectivity index (χ2v) is 18.7. The minimum atomic E-state index is -2.54. The summed E-state index contributed by atoms with van der Waals surface area (Å²) in [5.41, 5.74) is 4.60. The Morgan fingerprint density at radius 2 is 1.86 bits per heavy atom. The smallest absolute Gasteiger partial charge is 0.248 e. The summed E-state index contributed by atoms with van der Waals surface area (Å²) >= 11 is 3.68. The maximum absolute atomic E-state index is 13.2. The first-order chi connectivity index (χ1) is 19.9. The minimum Gasteiger partial charge on any atom is -0.456 e. The molecule has 6 rings (SSSR count). The van der Waals surface area contributed by atoms with E-state index in [9.17, 15) is 8.78 Å². The molecule has 0 aliphatic heterocycles. The molecule has 42 heavy (non-hydrogen) atoms. The highest BCUT2D eigenvalue weighted by Crippen LogP contribution is 2.43. The van der Waals surface area contributed by atoms with Crippen LogP contribution in [0.3, 0.4) is 0 Å². The van der Waals surface area contributed by atoms with Crippen molar-refractivity contribution in [1.29, 1.82) is 0 Å². The first kappa shape index (κ1) is 28.9. The number of halogens is 3. The number of benzene rings is 2. The molecule has 0 bridgehead atoms. The van der Waals surface area contributed by atoms with Crippen LogP contribution in [0.5, 0.6) is 11.5 Å². The van der Waals surface area contributed by atoms with E-state index in [0.717, 1.165) is 35.1 Å². The Bertz CT molecular complexity index is 1760. The first-order valence-electron chi connectivity index (χ1n) is 14.0. The van der Waals surface area contributed by atoms with Gasteiger partial charge in [0.2, 0.25) is 5.92 Å². The van der Waals surface area contributed by atoms with Crippen molar-refractivity contribution in [1.82, 2.24) is 29.3 Å². The van der Waals surface area contributed by atoms with E-state index in [2.05, 4.69) is 55.2 Å². The highest BCUT2D eigenvalue weighted by Gasteiger charge is 2.45. The van der Waals surface area contributed by atoms with Crippen LogP contribution in [-0.2, 0) is 18.0 Å². The van der Waals surface area contributed by atoms with Crippen LogP contribution in [0.4, 0.5) is 8.78 Å². The average molecular weight is 656 g/mol. The molecule has 0 spiro atoms. The van der Waals surface area contributed by atoms with Crippen molar-refractivity contribution in [3.63, 3.8) is 0 Å². The molecule has 0 saturated heterocycles. The Morgan fingerprint density at radius 3 is 2.62 bits per heavy atom. The molecule has 0 atom stereocenters. The van der Waals surface area contributed by atoms with Gasteiger partial charge in [-0.3, -0.25) is 9.67 Å². The van der Waals surface area contributed by atoms with Gasteiger partial charge in [0.15, 0.2) is 0 Å². The van der Waals surface area contributed by atoms with Gasteiger partial charge in [-0.2, -0.15) is 5.10 Å². The number of fused-ring (bicyclic) bond motifs is 2. The molecule has 1 saturated carbocycles. The van der Waals surface area contributed by atoms with Crippen molar-refractivity contribution in [2.45, 2.75) is 64.6 Å². The molecule has 3 aromatic heterocycles. The summed E-state index contributed by atoms with van der Waals surface area (Å²) in [6, 6.07) is 10.7. The molecule has 1 aliphatic rings. The number of aryl methyl sites for hydroxylation is 1. The predicted molar refractivity (Wildman–Crippen MR) is 165 cm³/mol. The zero-order chi connectivity index (χ0) is 29.6. The third-order valence-corrected chi connectivity index (χ3v) is 9.99. The van der Waals surface area contributed by atoms with E-state index in [4.69, 9.17) is 14.5 Å². The Balaban J connectivity index is 1.21. The van der Waals surface area contributed by atoms with Gasteiger partial charge in [-0.05, 0) is 59.1 Å². The lowest BCUT2D eigenvalue weighted by molar-refractivity contribution is -0.114. The van der Waals surface area contributed by atoms with Crippen LogP contribution in [-0.4, -0.2) is 49.9 Å². The lowest BCUT2D eigenvalue weighted by Gasteiger charge is -2.34. The van der Waals surface area contributed by atoms with Gasteiger partial charge in [-0.1, -0.05) is 19.6 Å². The maximum Gasteiger partial charge on any atom is 0.248 e. The van der Waals surface area contributed by atoms with Crippen LogP contribution >= 0.6 is 15.9 Å². The van der Waals surface area contributed by atoms with Gasteiger partial charge in [-0.25, -0.2) is 18.7 Å². The molecule has 0 unspecified atom stereocenters. The van der Waals surface area contributed by atoms with Crippen molar-refractivity contribution >= 4 is 46.1 Å². The molecule has 0 N–H and O–H groups in total. The first-order valence-corrected chi connectivity index (χ1v) is 18.5. The standard InChI is InChI=1S/C30H33BrF2N6O2Si/c1-19-36-23-6-5-22(11-26(23)39(19)18-40-9-10-42(2,3)4)41-27-8-7-24-29(28(27)31)37-25(15-34-24)21-14-35-38(17-21)16-20-12-30(32,33)13-20/h5-8,11,14-15,17,20H,9-10,12-13,16,18H2,1-4H3. The van der Waals surface area contributed by atoms with Crippen molar-refractivity contribution in [3.8, 4) is 22.8 Å². The van der Waals surface area contributed by atoms with E-state index in [-0.39, 0.29) is 18.8 Å². The van der Waals surface area contributed by atoms with Gasteiger partial charge in [0, 0.05) is 51.9 Å². The highest BCUT2D eigenvalue weighted by atomic mass is 79.9. The molecule has 0 amide bonds. The van der Waals surface area contributed by atoms with Gasteiger partial charge in [-0.15, -0.1) is 0 Å². The van der Waals surface area contributed by atoms with E-state index in [0.29, 0.717) is 46.0 Å². The second kappa shape index (κ2) is 11.1. The third kappa shape index (κ3) is 6.25. The van der Waals surface area contributed by atoms with E-state index in [1.165, 1.54) is 0 Å². The summed E-state index contributed by atoms with van der Waals surface area (Å²) < 4.78 is 43.2. The highest BCUT2D eigenvalue weighted by molar-refractivity contribution is 9.10. The van der Waals surface area contributed by atoms with Crippen LogP contribution in [0, 0.1) is 12.8 Å². The van der Waals surface area contributed by atoms with Gasteiger partial charge in [0.1, 0.15) is 29.6 Å². The third-order valence-electron chi connectivity index (χ3n) is 7.52. The number of hydrogen-bond donors (Lipinski definition) is 0. The fourth-order valence-corrected chi connectivity index (χ4v) is 6.39. The van der Waals surface area contributed by atoms with Crippen LogP contribution in [0.25, 0.3) is 33.3 Å².